The predicted octanol–water partition coefficient (Wildman–Crippen LogP) is 0.627. The highest BCUT2D eigenvalue weighted by molar-refractivity contribution is 7.10. The number of carbonyl (C=O) groups is 1. The molecule has 0 aliphatic carbocycles. The molecule has 0 bridgehead atoms. The molecule has 6 heteroatoms. The molecule has 0 radical (unpaired) electrons. The molecule has 2 rings (SSSR count). The first kappa shape index (κ1) is 9.39. The fourth-order valence-corrected chi connectivity index (χ4v) is 2.37. The number of hydrogen-bond acceptors (Lipinski definition) is 5. The topological polar surface area (TPSA) is 72.1 Å². The van der Waals surface area contributed by atoms with Crippen molar-refractivity contribution in [1.82, 2.24) is 9.59 Å². The van der Waals surface area contributed by atoms with Crippen molar-refractivity contribution in [2.24, 2.45) is 5.73 Å². The predicted molar refractivity (Wildman–Crippen MR) is 54.5 cm³/mol. The van der Waals surface area contributed by atoms with Crippen LogP contribution in [-0.2, 0) is 0 Å². The van der Waals surface area contributed by atoms with Gasteiger partial charge in [0.2, 0.25) is 0 Å². The van der Waals surface area contributed by atoms with Crippen LogP contribution in [0.3, 0.4) is 0 Å². The molecule has 1 aliphatic rings. The number of primary amides is 1. The monoisotopic (exact) mass is 212 g/mol. The first-order valence-electron chi connectivity index (χ1n) is 4.66. The Hall–Kier alpha value is -1.17. The first-order chi connectivity index (χ1) is 6.79. The van der Waals surface area contributed by atoms with E-state index in [-0.39, 0.29) is 0 Å². The van der Waals surface area contributed by atoms with E-state index >= 15 is 0 Å². The van der Waals surface area contributed by atoms with Crippen LogP contribution in [-0.4, -0.2) is 28.6 Å². The summed E-state index contributed by atoms with van der Waals surface area (Å²) in [6.07, 6.45) is 3.58. The number of aromatic nitrogens is 2. The van der Waals surface area contributed by atoms with E-state index in [9.17, 15) is 4.79 Å². The lowest BCUT2D eigenvalue weighted by Gasteiger charge is -2.26. The quantitative estimate of drug-likeness (QED) is 0.780. The summed E-state index contributed by atoms with van der Waals surface area (Å²) in [6.45, 7) is 1.95. The van der Waals surface area contributed by atoms with Gasteiger partial charge in [-0.05, 0) is 19.3 Å². The summed E-state index contributed by atoms with van der Waals surface area (Å²) in [5.41, 5.74) is 5.52. The van der Waals surface area contributed by atoms with Crippen molar-refractivity contribution in [1.29, 1.82) is 0 Å². The number of rotatable bonds is 2. The summed E-state index contributed by atoms with van der Waals surface area (Å²) in [6, 6.07) is 0. The average molecular weight is 212 g/mol. The summed E-state index contributed by atoms with van der Waals surface area (Å²) in [5, 5.41) is 4.57. The van der Waals surface area contributed by atoms with Crippen molar-refractivity contribution in [3.05, 3.63) is 5.69 Å². The first-order valence-corrected chi connectivity index (χ1v) is 5.43. The van der Waals surface area contributed by atoms with Crippen LogP contribution in [0, 0.1) is 0 Å². The van der Waals surface area contributed by atoms with Gasteiger partial charge >= 0.3 is 0 Å². The van der Waals surface area contributed by atoms with Gasteiger partial charge in [0, 0.05) is 24.6 Å². The van der Waals surface area contributed by atoms with Gasteiger partial charge in [0.15, 0.2) is 5.69 Å². The van der Waals surface area contributed by atoms with Gasteiger partial charge in [-0.1, -0.05) is 4.49 Å². The molecular weight excluding hydrogens is 200 g/mol. The molecule has 1 aliphatic heterocycles. The minimum Gasteiger partial charge on any atom is -0.364 e. The fourth-order valence-electron chi connectivity index (χ4n) is 1.65. The van der Waals surface area contributed by atoms with Crippen LogP contribution >= 0.6 is 11.5 Å². The zero-order valence-corrected chi connectivity index (χ0v) is 8.59. The smallest absolute Gasteiger partial charge is 0.272 e. The van der Waals surface area contributed by atoms with Gasteiger partial charge in [-0.2, -0.15) is 0 Å². The second-order valence-electron chi connectivity index (χ2n) is 3.34. The van der Waals surface area contributed by atoms with Crippen LogP contribution < -0.4 is 10.6 Å². The molecule has 1 amide bonds. The van der Waals surface area contributed by atoms with Crippen LogP contribution in [0.1, 0.15) is 29.8 Å². The van der Waals surface area contributed by atoms with Gasteiger partial charge < -0.3 is 10.6 Å². The Kier molecular flexibility index (Phi) is 2.62. The number of nitrogens with two attached hydrogens (primary N) is 1. The molecule has 14 heavy (non-hydrogen) atoms. The van der Waals surface area contributed by atoms with Crippen molar-refractivity contribution in [3.8, 4) is 0 Å². The summed E-state index contributed by atoms with van der Waals surface area (Å²) < 4.78 is 3.77. The Balaban J connectivity index is 2.21. The summed E-state index contributed by atoms with van der Waals surface area (Å²) in [7, 11) is 0. The maximum Gasteiger partial charge on any atom is 0.272 e. The van der Waals surface area contributed by atoms with Gasteiger partial charge in [0.1, 0.15) is 5.00 Å². The standard InChI is InChI=1S/C8H12N4OS/c9-7(13)6-8(14-11-10-6)12-4-2-1-3-5-12/h1-5H2,(H2,9,13). The molecular formula is C8H12N4OS. The van der Waals surface area contributed by atoms with Crippen LogP contribution in [0.5, 0.6) is 0 Å². The number of carbonyl (C=O) groups excluding carboxylic acids is 1. The van der Waals surface area contributed by atoms with Crippen molar-refractivity contribution < 1.29 is 4.79 Å². The summed E-state index contributed by atoms with van der Waals surface area (Å²) in [4.78, 5) is 13.2. The van der Waals surface area contributed by atoms with Crippen molar-refractivity contribution in [3.63, 3.8) is 0 Å². The third kappa shape index (κ3) is 1.70. The molecule has 2 N–H and O–H groups in total. The average Bonchev–Trinajstić information content (AvgIpc) is 2.67. The number of hydrogen-bond donors (Lipinski definition) is 1. The number of anilines is 1. The van der Waals surface area contributed by atoms with Crippen molar-refractivity contribution in [2.45, 2.75) is 19.3 Å². The maximum absolute atomic E-state index is 11.0. The van der Waals surface area contributed by atoms with Gasteiger partial charge in [0.25, 0.3) is 5.91 Å². The molecule has 1 saturated heterocycles. The lowest BCUT2D eigenvalue weighted by molar-refractivity contribution is 0.0996. The minimum atomic E-state index is -0.487. The van der Waals surface area contributed by atoms with Gasteiger partial charge in [0.05, 0.1) is 0 Å². The zero-order chi connectivity index (χ0) is 9.97. The van der Waals surface area contributed by atoms with Crippen LogP contribution in [0.4, 0.5) is 5.00 Å². The van der Waals surface area contributed by atoms with Gasteiger partial charge in [-0.25, -0.2) is 0 Å². The Bertz CT molecular complexity index is 332. The Morgan fingerprint density at radius 3 is 2.71 bits per heavy atom. The molecule has 0 unspecified atom stereocenters. The summed E-state index contributed by atoms with van der Waals surface area (Å²) in [5.74, 6) is -0.487. The van der Waals surface area contributed by atoms with Crippen LogP contribution in [0.2, 0.25) is 0 Å². The molecule has 5 nitrogen and oxygen atoms in total. The number of nitrogens with zero attached hydrogens (tertiary/aromatic N) is 3. The third-order valence-electron chi connectivity index (χ3n) is 2.35. The molecule has 0 aromatic carbocycles. The van der Waals surface area contributed by atoms with E-state index in [1.54, 1.807) is 0 Å². The third-order valence-corrected chi connectivity index (χ3v) is 3.14. The highest BCUT2D eigenvalue weighted by Crippen LogP contribution is 2.25. The normalized spacial score (nSPS) is 17.0. The number of piperidine rings is 1. The molecule has 0 atom stereocenters. The maximum atomic E-state index is 11.0. The van der Waals surface area contributed by atoms with Gasteiger partial charge in [-0.3, -0.25) is 4.79 Å². The second kappa shape index (κ2) is 3.91. The largest absolute Gasteiger partial charge is 0.364 e. The Morgan fingerprint density at radius 1 is 1.36 bits per heavy atom. The van der Waals surface area contributed by atoms with E-state index in [1.807, 2.05) is 0 Å². The zero-order valence-electron chi connectivity index (χ0n) is 7.77. The highest BCUT2D eigenvalue weighted by atomic mass is 32.1. The SMILES string of the molecule is NC(=O)c1nnsc1N1CCCCC1. The fraction of sp³-hybridized carbons (Fsp3) is 0.625. The minimum absolute atomic E-state index is 0.317. The lowest BCUT2D eigenvalue weighted by Crippen LogP contribution is -2.30. The molecule has 2 heterocycles. The molecule has 0 saturated carbocycles. The molecule has 0 spiro atoms. The van der Waals surface area contributed by atoms with E-state index in [0.29, 0.717) is 5.69 Å². The van der Waals surface area contributed by atoms with E-state index in [2.05, 4.69) is 14.5 Å². The molecule has 1 aromatic rings. The Morgan fingerprint density at radius 2 is 2.07 bits per heavy atom. The lowest BCUT2D eigenvalue weighted by atomic mass is 10.1. The van der Waals surface area contributed by atoms with Gasteiger partial charge in [-0.15, -0.1) is 5.10 Å². The van der Waals surface area contributed by atoms with E-state index in [4.69, 9.17) is 5.73 Å². The highest BCUT2D eigenvalue weighted by Gasteiger charge is 2.20. The molecule has 1 fully saturated rings. The number of amides is 1. The van der Waals surface area contributed by atoms with Crippen LogP contribution in [0.15, 0.2) is 0 Å². The van der Waals surface area contributed by atoms with E-state index in [0.717, 1.165) is 30.9 Å². The Labute approximate surface area is 86.1 Å². The van der Waals surface area contributed by atoms with E-state index in [1.165, 1.54) is 18.0 Å². The van der Waals surface area contributed by atoms with Crippen molar-refractivity contribution >= 4 is 22.4 Å². The molecule has 1 aromatic heterocycles. The summed E-state index contributed by atoms with van der Waals surface area (Å²) >= 11 is 1.25. The van der Waals surface area contributed by atoms with Crippen LogP contribution in [0.25, 0.3) is 0 Å². The molecule has 76 valence electrons. The second-order valence-corrected chi connectivity index (χ2v) is 4.07. The van der Waals surface area contributed by atoms with Crippen molar-refractivity contribution in [2.75, 3.05) is 18.0 Å². The van der Waals surface area contributed by atoms with E-state index < -0.39 is 5.91 Å².